The van der Waals surface area contributed by atoms with Crippen LogP contribution < -0.4 is 5.32 Å². The highest BCUT2D eigenvalue weighted by molar-refractivity contribution is 5.37. The lowest BCUT2D eigenvalue weighted by Gasteiger charge is -2.39. The molecule has 0 spiro atoms. The molecule has 1 aliphatic carbocycles. The lowest BCUT2D eigenvalue weighted by Crippen LogP contribution is -2.41. The van der Waals surface area contributed by atoms with E-state index in [-0.39, 0.29) is 5.54 Å². The average molecular weight is 191 g/mol. The maximum absolute atomic E-state index is 4.47. The van der Waals surface area contributed by atoms with Crippen LogP contribution >= 0.6 is 0 Å². The normalized spacial score (nSPS) is 18.8. The zero-order chi connectivity index (χ0) is 10.2. The van der Waals surface area contributed by atoms with Crippen molar-refractivity contribution in [1.29, 1.82) is 0 Å². The first-order valence-corrected chi connectivity index (χ1v) is 5.17. The third-order valence-electron chi connectivity index (χ3n) is 3.08. The maximum atomic E-state index is 4.47. The minimum atomic E-state index is 0.260. The zero-order valence-electron chi connectivity index (χ0n) is 9.09. The van der Waals surface area contributed by atoms with E-state index in [1.165, 1.54) is 19.3 Å². The quantitative estimate of drug-likeness (QED) is 0.780. The SMILES string of the molecule is Cc1ncc(NC2(C)CCC2)nc1C. The Bertz CT molecular complexity index is 342. The van der Waals surface area contributed by atoms with E-state index in [9.17, 15) is 0 Å². The standard InChI is InChI=1S/C11H17N3/c1-8-9(2)13-10(7-12-8)14-11(3)5-4-6-11/h7H,4-6H2,1-3H3,(H,13,14). The van der Waals surface area contributed by atoms with E-state index >= 15 is 0 Å². The molecule has 3 heteroatoms. The second-order valence-corrected chi connectivity index (χ2v) is 4.47. The van der Waals surface area contributed by atoms with Crippen molar-refractivity contribution >= 4 is 5.82 Å². The van der Waals surface area contributed by atoms with E-state index in [0.717, 1.165) is 17.2 Å². The zero-order valence-corrected chi connectivity index (χ0v) is 9.09. The minimum Gasteiger partial charge on any atom is -0.364 e. The summed E-state index contributed by atoms with van der Waals surface area (Å²) in [7, 11) is 0. The van der Waals surface area contributed by atoms with Gasteiger partial charge >= 0.3 is 0 Å². The van der Waals surface area contributed by atoms with E-state index in [4.69, 9.17) is 0 Å². The molecule has 1 aliphatic rings. The molecular weight excluding hydrogens is 174 g/mol. The Morgan fingerprint density at radius 1 is 1.29 bits per heavy atom. The highest BCUT2D eigenvalue weighted by Gasteiger charge is 2.31. The summed E-state index contributed by atoms with van der Waals surface area (Å²) in [6.07, 6.45) is 5.62. The first-order chi connectivity index (χ1) is 6.59. The van der Waals surface area contributed by atoms with Crippen LogP contribution in [0.2, 0.25) is 0 Å². The van der Waals surface area contributed by atoms with E-state index < -0.39 is 0 Å². The number of aromatic nitrogens is 2. The first-order valence-electron chi connectivity index (χ1n) is 5.17. The number of aryl methyl sites for hydroxylation is 2. The molecule has 0 amide bonds. The Balaban J connectivity index is 2.13. The van der Waals surface area contributed by atoms with Gasteiger partial charge in [0, 0.05) is 5.54 Å². The van der Waals surface area contributed by atoms with Crippen LogP contribution in [-0.4, -0.2) is 15.5 Å². The van der Waals surface area contributed by atoms with Crippen molar-refractivity contribution in [3.63, 3.8) is 0 Å². The number of hydrogen-bond donors (Lipinski definition) is 1. The smallest absolute Gasteiger partial charge is 0.145 e. The van der Waals surface area contributed by atoms with Crippen molar-refractivity contribution in [2.24, 2.45) is 0 Å². The number of rotatable bonds is 2. The molecule has 1 fully saturated rings. The summed E-state index contributed by atoms with van der Waals surface area (Å²) in [5.41, 5.74) is 2.28. The van der Waals surface area contributed by atoms with Gasteiger partial charge in [0.1, 0.15) is 5.82 Å². The van der Waals surface area contributed by atoms with Gasteiger partial charge in [-0.05, 0) is 40.0 Å². The fraction of sp³-hybridized carbons (Fsp3) is 0.636. The molecule has 0 aromatic carbocycles. The third-order valence-corrected chi connectivity index (χ3v) is 3.08. The second kappa shape index (κ2) is 3.23. The van der Waals surface area contributed by atoms with Crippen molar-refractivity contribution in [1.82, 2.24) is 9.97 Å². The van der Waals surface area contributed by atoms with Crippen molar-refractivity contribution in [3.8, 4) is 0 Å². The first kappa shape index (κ1) is 9.44. The predicted molar refractivity (Wildman–Crippen MR) is 57.4 cm³/mol. The summed E-state index contributed by atoms with van der Waals surface area (Å²) < 4.78 is 0. The molecule has 76 valence electrons. The van der Waals surface area contributed by atoms with Crippen LogP contribution in [0.1, 0.15) is 37.6 Å². The Labute approximate surface area is 85.0 Å². The molecule has 1 aromatic heterocycles. The predicted octanol–water partition coefficient (Wildman–Crippen LogP) is 2.45. The summed E-state index contributed by atoms with van der Waals surface area (Å²) >= 11 is 0. The number of nitrogens with zero attached hydrogens (tertiary/aromatic N) is 2. The van der Waals surface area contributed by atoms with E-state index in [0.29, 0.717) is 0 Å². The van der Waals surface area contributed by atoms with Gasteiger partial charge in [-0.15, -0.1) is 0 Å². The van der Waals surface area contributed by atoms with Crippen LogP contribution in [0.4, 0.5) is 5.82 Å². The van der Waals surface area contributed by atoms with Gasteiger partial charge in [0.15, 0.2) is 0 Å². The van der Waals surface area contributed by atoms with Gasteiger partial charge in [0.05, 0.1) is 17.6 Å². The molecule has 1 aromatic rings. The van der Waals surface area contributed by atoms with E-state index in [2.05, 4.69) is 22.2 Å². The summed E-state index contributed by atoms with van der Waals surface area (Å²) in [5.74, 6) is 0.912. The van der Waals surface area contributed by atoms with Gasteiger partial charge in [0.25, 0.3) is 0 Å². The average Bonchev–Trinajstić information content (AvgIpc) is 2.09. The lowest BCUT2D eigenvalue weighted by atomic mass is 9.78. The van der Waals surface area contributed by atoms with Crippen LogP contribution in [0.25, 0.3) is 0 Å². The van der Waals surface area contributed by atoms with Gasteiger partial charge in [-0.25, -0.2) is 4.98 Å². The molecule has 0 saturated heterocycles. The molecule has 0 radical (unpaired) electrons. The Morgan fingerprint density at radius 2 is 2.00 bits per heavy atom. The van der Waals surface area contributed by atoms with Crippen LogP contribution in [0, 0.1) is 13.8 Å². The lowest BCUT2D eigenvalue weighted by molar-refractivity contribution is 0.305. The van der Waals surface area contributed by atoms with Crippen molar-refractivity contribution < 1.29 is 0 Å². The Hall–Kier alpha value is -1.12. The highest BCUT2D eigenvalue weighted by atomic mass is 15.1. The van der Waals surface area contributed by atoms with Crippen LogP contribution in [0.15, 0.2) is 6.20 Å². The summed E-state index contributed by atoms with van der Waals surface area (Å²) in [6, 6.07) is 0. The summed E-state index contributed by atoms with van der Waals surface area (Å²) in [4.78, 5) is 8.76. The number of nitrogens with one attached hydrogen (secondary N) is 1. The number of anilines is 1. The van der Waals surface area contributed by atoms with E-state index in [1.54, 1.807) is 0 Å². The topological polar surface area (TPSA) is 37.8 Å². The monoisotopic (exact) mass is 191 g/mol. The van der Waals surface area contributed by atoms with Gasteiger partial charge in [0.2, 0.25) is 0 Å². The molecule has 1 saturated carbocycles. The molecular formula is C11H17N3. The molecule has 0 atom stereocenters. The molecule has 0 aliphatic heterocycles. The fourth-order valence-electron chi connectivity index (χ4n) is 1.74. The molecule has 14 heavy (non-hydrogen) atoms. The summed E-state index contributed by atoms with van der Waals surface area (Å²) in [6.45, 7) is 6.22. The molecule has 0 unspecified atom stereocenters. The van der Waals surface area contributed by atoms with Crippen molar-refractivity contribution in [2.45, 2.75) is 45.6 Å². The minimum absolute atomic E-state index is 0.260. The van der Waals surface area contributed by atoms with Gasteiger partial charge < -0.3 is 5.32 Å². The second-order valence-electron chi connectivity index (χ2n) is 4.47. The summed E-state index contributed by atoms with van der Waals surface area (Å²) in [5, 5.41) is 3.45. The van der Waals surface area contributed by atoms with Crippen molar-refractivity contribution in [3.05, 3.63) is 17.6 Å². The van der Waals surface area contributed by atoms with Crippen molar-refractivity contribution in [2.75, 3.05) is 5.32 Å². The Kier molecular flexibility index (Phi) is 2.17. The molecule has 2 rings (SSSR count). The van der Waals surface area contributed by atoms with E-state index in [1.807, 2.05) is 20.0 Å². The third kappa shape index (κ3) is 1.72. The molecule has 3 nitrogen and oxygen atoms in total. The van der Waals surface area contributed by atoms with Gasteiger partial charge in [-0.2, -0.15) is 0 Å². The number of hydrogen-bond acceptors (Lipinski definition) is 3. The van der Waals surface area contributed by atoms with Crippen LogP contribution in [0.5, 0.6) is 0 Å². The largest absolute Gasteiger partial charge is 0.364 e. The van der Waals surface area contributed by atoms with Crippen LogP contribution in [-0.2, 0) is 0 Å². The Morgan fingerprint density at radius 3 is 2.50 bits per heavy atom. The van der Waals surface area contributed by atoms with Crippen LogP contribution in [0.3, 0.4) is 0 Å². The molecule has 1 N–H and O–H groups in total. The van der Waals surface area contributed by atoms with Gasteiger partial charge in [-0.1, -0.05) is 0 Å². The molecule has 0 bridgehead atoms. The highest BCUT2D eigenvalue weighted by Crippen LogP contribution is 2.33. The van der Waals surface area contributed by atoms with Gasteiger partial charge in [-0.3, -0.25) is 4.98 Å². The molecule has 1 heterocycles. The maximum Gasteiger partial charge on any atom is 0.145 e. The fourth-order valence-corrected chi connectivity index (χ4v) is 1.74.